The Kier molecular flexibility index (Phi) is 6.23. The lowest BCUT2D eigenvalue weighted by Crippen LogP contribution is -2.22. The number of benzene rings is 2. The maximum Gasteiger partial charge on any atom is 0.341 e. The lowest BCUT2D eigenvalue weighted by Gasteiger charge is -2.09. The molecule has 11 heteroatoms. The van der Waals surface area contributed by atoms with E-state index in [9.17, 15) is 26.8 Å². The minimum Gasteiger partial charge on any atom is -0.452 e. The van der Waals surface area contributed by atoms with Gasteiger partial charge in [0.2, 0.25) is 9.84 Å². The largest absolute Gasteiger partial charge is 0.452 e. The summed E-state index contributed by atoms with van der Waals surface area (Å²) in [5.74, 6) is -4.27. The summed E-state index contributed by atoms with van der Waals surface area (Å²) < 4.78 is 54.7. The quantitative estimate of drug-likeness (QED) is 0.500. The van der Waals surface area contributed by atoms with E-state index >= 15 is 0 Å². The van der Waals surface area contributed by atoms with Gasteiger partial charge in [-0.05, 0) is 49.2 Å². The fourth-order valence-electron chi connectivity index (χ4n) is 3.11. The second-order valence-electron chi connectivity index (χ2n) is 7.43. The van der Waals surface area contributed by atoms with Crippen LogP contribution in [0.25, 0.3) is 5.69 Å². The lowest BCUT2D eigenvalue weighted by atomic mass is 10.2. The van der Waals surface area contributed by atoms with Gasteiger partial charge in [-0.1, -0.05) is 18.2 Å². The molecule has 2 aromatic carbocycles. The van der Waals surface area contributed by atoms with Crippen LogP contribution in [-0.2, 0) is 19.4 Å². The topological polar surface area (TPSA) is 107 Å². The molecular weight excluding hydrogens is 456 g/mol. The molecule has 1 heterocycles. The molecule has 0 atom stereocenters. The van der Waals surface area contributed by atoms with Crippen LogP contribution in [-0.4, -0.2) is 42.4 Å². The van der Waals surface area contributed by atoms with Crippen molar-refractivity contribution in [1.29, 1.82) is 0 Å². The summed E-state index contributed by atoms with van der Waals surface area (Å²) in [5.41, 5.74) is 1.54. The number of anilines is 1. The third kappa shape index (κ3) is 5.08. The Labute approximate surface area is 188 Å². The van der Waals surface area contributed by atoms with E-state index in [0.717, 1.165) is 48.5 Å². The summed E-state index contributed by atoms with van der Waals surface area (Å²) in [5, 5.41) is 7.25. The van der Waals surface area contributed by atoms with Crippen molar-refractivity contribution in [2.24, 2.45) is 0 Å². The van der Waals surface area contributed by atoms with Crippen molar-refractivity contribution in [2.75, 3.05) is 11.9 Å². The molecule has 33 heavy (non-hydrogen) atoms. The number of hydrogen-bond acceptors (Lipinski definition) is 6. The third-order valence-corrected chi connectivity index (χ3v) is 6.38. The molecule has 3 aromatic rings. The van der Waals surface area contributed by atoms with Crippen LogP contribution in [0.15, 0.2) is 65.6 Å². The minimum atomic E-state index is -4.76. The number of aromatic nitrogens is 2. The van der Waals surface area contributed by atoms with Gasteiger partial charge in [-0.25, -0.2) is 17.9 Å². The smallest absolute Gasteiger partial charge is 0.341 e. The van der Waals surface area contributed by atoms with Crippen LogP contribution in [0.1, 0.15) is 34.8 Å². The number of carbonyl (C=O) groups is 2. The normalized spacial score (nSPS) is 13.7. The Balaban J connectivity index is 1.40. The fourth-order valence-corrected chi connectivity index (χ4v) is 3.83. The van der Waals surface area contributed by atoms with Crippen LogP contribution in [0.4, 0.5) is 14.6 Å². The van der Waals surface area contributed by atoms with Gasteiger partial charge in [0, 0.05) is 12.0 Å². The molecular formula is C22H19F2N3O5S. The van der Waals surface area contributed by atoms with Gasteiger partial charge >= 0.3 is 11.7 Å². The van der Waals surface area contributed by atoms with E-state index in [1.165, 1.54) is 0 Å². The molecule has 1 amide bonds. The van der Waals surface area contributed by atoms with Gasteiger partial charge in [0.25, 0.3) is 5.91 Å². The number of ether oxygens (including phenoxy) is 1. The van der Waals surface area contributed by atoms with Crippen LogP contribution in [0.5, 0.6) is 0 Å². The molecule has 1 N–H and O–H groups in total. The Morgan fingerprint density at radius 2 is 1.76 bits per heavy atom. The van der Waals surface area contributed by atoms with E-state index < -0.39 is 39.0 Å². The second kappa shape index (κ2) is 9.10. The Morgan fingerprint density at radius 3 is 2.36 bits per heavy atom. The van der Waals surface area contributed by atoms with E-state index in [1.807, 2.05) is 30.3 Å². The highest BCUT2D eigenvalue weighted by molar-refractivity contribution is 7.91. The first kappa shape index (κ1) is 22.6. The van der Waals surface area contributed by atoms with E-state index in [0.29, 0.717) is 11.7 Å². The average Bonchev–Trinajstić information content (AvgIpc) is 3.58. The first-order valence-corrected chi connectivity index (χ1v) is 11.5. The predicted octanol–water partition coefficient (Wildman–Crippen LogP) is 3.54. The van der Waals surface area contributed by atoms with Crippen LogP contribution < -0.4 is 5.32 Å². The summed E-state index contributed by atoms with van der Waals surface area (Å²) in [4.78, 5) is 23.9. The zero-order chi connectivity index (χ0) is 23.6. The standard InChI is InChI=1S/C22H19F2N3O5S/c23-22(24)33(30,31)17-10-8-15(9-11-17)21(29)32-13-20(28)25-19-12-18(14-6-7-14)26-27(19)16-4-2-1-3-5-16/h1-5,8-12,14,22H,6-7,13H2,(H,25,28). The number of hydrogen-bond donors (Lipinski definition) is 1. The number of nitrogens with one attached hydrogen (secondary N) is 1. The molecule has 0 unspecified atom stereocenters. The minimum absolute atomic E-state index is 0.0821. The molecule has 1 fully saturated rings. The average molecular weight is 475 g/mol. The number of alkyl halides is 2. The number of esters is 1. The molecule has 0 bridgehead atoms. The van der Waals surface area contributed by atoms with E-state index in [1.54, 1.807) is 10.7 Å². The second-order valence-corrected chi connectivity index (χ2v) is 9.35. The maximum atomic E-state index is 12.6. The molecule has 0 saturated heterocycles. The molecule has 1 aliphatic rings. The molecule has 4 rings (SSSR count). The van der Waals surface area contributed by atoms with Crippen molar-refractivity contribution in [3.05, 3.63) is 71.9 Å². The molecule has 0 aliphatic heterocycles. The van der Waals surface area contributed by atoms with Crippen LogP contribution in [0.3, 0.4) is 0 Å². The number of nitrogens with zero attached hydrogens (tertiary/aromatic N) is 2. The van der Waals surface area contributed by atoms with Crippen molar-refractivity contribution in [3.63, 3.8) is 0 Å². The number of carbonyl (C=O) groups excluding carboxylic acids is 2. The zero-order valence-corrected chi connectivity index (χ0v) is 18.0. The van der Waals surface area contributed by atoms with Crippen molar-refractivity contribution in [3.8, 4) is 5.69 Å². The van der Waals surface area contributed by atoms with E-state index in [2.05, 4.69) is 10.4 Å². The van der Waals surface area contributed by atoms with Crippen molar-refractivity contribution in [1.82, 2.24) is 9.78 Å². The van der Waals surface area contributed by atoms with Gasteiger partial charge in [0.1, 0.15) is 5.82 Å². The molecule has 1 aliphatic carbocycles. The Bertz CT molecular complexity index is 1270. The lowest BCUT2D eigenvalue weighted by molar-refractivity contribution is -0.119. The van der Waals surface area contributed by atoms with Gasteiger partial charge in [-0.15, -0.1) is 0 Å². The number of para-hydroxylation sites is 1. The van der Waals surface area contributed by atoms with Gasteiger partial charge < -0.3 is 10.1 Å². The van der Waals surface area contributed by atoms with Crippen molar-refractivity contribution in [2.45, 2.75) is 29.4 Å². The molecule has 0 spiro atoms. The summed E-state index contributed by atoms with van der Waals surface area (Å²) in [7, 11) is -4.76. The van der Waals surface area contributed by atoms with Crippen molar-refractivity contribution >= 4 is 27.5 Å². The molecule has 1 saturated carbocycles. The van der Waals surface area contributed by atoms with Gasteiger partial charge in [0.05, 0.1) is 21.8 Å². The van der Waals surface area contributed by atoms with Gasteiger partial charge in [-0.3, -0.25) is 4.79 Å². The Hall–Kier alpha value is -3.60. The molecule has 8 nitrogen and oxygen atoms in total. The molecule has 1 aromatic heterocycles. The number of sulfone groups is 1. The first-order valence-electron chi connectivity index (χ1n) is 10.00. The van der Waals surface area contributed by atoms with Gasteiger partial charge in [-0.2, -0.15) is 13.9 Å². The van der Waals surface area contributed by atoms with Gasteiger partial charge in [0.15, 0.2) is 6.61 Å². The highest BCUT2D eigenvalue weighted by Gasteiger charge is 2.28. The molecule has 172 valence electrons. The predicted molar refractivity (Wildman–Crippen MR) is 114 cm³/mol. The monoisotopic (exact) mass is 475 g/mol. The number of rotatable bonds is 8. The summed E-state index contributed by atoms with van der Waals surface area (Å²) in [6.45, 7) is -0.603. The zero-order valence-electron chi connectivity index (χ0n) is 17.1. The SMILES string of the molecule is O=C(COC(=O)c1ccc(S(=O)(=O)C(F)F)cc1)Nc1cc(C2CC2)nn1-c1ccccc1. The third-order valence-electron chi connectivity index (χ3n) is 4.98. The summed E-state index contributed by atoms with van der Waals surface area (Å²) in [6.07, 6.45) is 2.07. The van der Waals surface area contributed by atoms with E-state index in [-0.39, 0.29) is 5.56 Å². The number of amides is 1. The number of halogens is 2. The Morgan fingerprint density at radius 1 is 1.09 bits per heavy atom. The highest BCUT2D eigenvalue weighted by atomic mass is 32.2. The van der Waals surface area contributed by atoms with Crippen LogP contribution in [0.2, 0.25) is 0 Å². The molecule has 0 radical (unpaired) electrons. The fraction of sp³-hybridized carbons (Fsp3) is 0.227. The van der Waals surface area contributed by atoms with Crippen LogP contribution >= 0.6 is 0 Å². The highest BCUT2D eigenvalue weighted by Crippen LogP contribution is 2.40. The first-order chi connectivity index (χ1) is 15.8. The maximum absolute atomic E-state index is 12.6. The van der Waals surface area contributed by atoms with E-state index in [4.69, 9.17) is 4.74 Å². The van der Waals surface area contributed by atoms with Crippen molar-refractivity contribution < 1.29 is 31.5 Å². The summed E-state index contributed by atoms with van der Waals surface area (Å²) >= 11 is 0. The summed E-state index contributed by atoms with van der Waals surface area (Å²) in [6, 6.07) is 14.9. The van der Waals surface area contributed by atoms with Crippen LogP contribution in [0, 0.1) is 0 Å².